The summed E-state index contributed by atoms with van der Waals surface area (Å²) in [4.78, 5) is 23.3. The third-order valence-electron chi connectivity index (χ3n) is 10.4. The lowest BCUT2D eigenvalue weighted by Crippen LogP contribution is -2.33. The van der Waals surface area contributed by atoms with E-state index in [2.05, 4.69) is 10.6 Å². The van der Waals surface area contributed by atoms with Crippen molar-refractivity contribution in [1.29, 1.82) is 0 Å². The number of phenolic OH excluding ortho intramolecular Hbond substituents is 1. The second-order valence-corrected chi connectivity index (χ2v) is 19.7. The van der Waals surface area contributed by atoms with Gasteiger partial charge in [-0.1, -0.05) is 34.8 Å². The quantitative estimate of drug-likeness (QED) is 0.0781. The van der Waals surface area contributed by atoms with Gasteiger partial charge >= 0.3 is 12.2 Å². The number of carbonyl (C=O) groups excluding carboxylic acids is 2. The van der Waals surface area contributed by atoms with Crippen molar-refractivity contribution in [3.8, 4) is 17.2 Å². The Kier molecular flexibility index (Phi) is 26.2. The van der Waals surface area contributed by atoms with Crippen molar-refractivity contribution in [2.45, 2.75) is 109 Å². The number of nitrogens with one attached hydrogen (secondary N) is 2. The van der Waals surface area contributed by atoms with E-state index in [4.69, 9.17) is 64.6 Å². The van der Waals surface area contributed by atoms with Crippen LogP contribution in [0.4, 0.5) is 22.8 Å². The Morgan fingerprint density at radius 2 is 1.01 bits per heavy atom. The fourth-order valence-corrected chi connectivity index (χ4v) is 7.43. The number of ether oxygens (including phenoxy) is 4. The largest absolute Gasteiger partial charge is 0.508 e. The molecule has 3 aliphatic carbocycles. The third-order valence-corrected chi connectivity index (χ3v) is 11.1. The van der Waals surface area contributed by atoms with Gasteiger partial charge in [-0.15, -0.1) is 12.4 Å². The van der Waals surface area contributed by atoms with Crippen molar-refractivity contribution in [2.75, 3.05) is 59.5 Å². The van der Waals surface area contributed by atoms with Crippen LogP contribution in [0.1, 0.15) is 115 Å². The summed E-state index contributed by atoms with van der Waals surface area (Å²) in [7, 11) is 0. The normalized spacial score (nSPS) is 19.8. The fraction of sp³-hybridized carbons (Fsp3) is 0.592. The molecule has 6 atom stereocenters. The molecule has 11 nitrogen and oxygen atoms in total. The van der Waals surface area contributed by atoms with Crippen molar-refractivity contribution < 1.29 is 51.9 Å². The van der Waals surface area contributed by atoms with Gasteiger partial charge in [0, 0.05) is 47.6 Å². The van der Waals surface area contributed by atoms with Gasteiger partial charge in [-0.2, -0.15) is 0 Å². The molecule has 6 N–H and O–H groups in total. The number of aliphatic hydroxyl groups excluding tert-OH is 1. The molecule has 3 aromatic rings. The van der Waals surface area contributed by atoms with Crippen LogP contribution >= 0.6 is 47.2 Å². The van der Waals surface area contributed by atoms with Gasteiger partial charge in [0.2, 0.25) is 0 Å². The number of alkyl halides is 3. The molecule has 6 rings (SSSR count). The van der Waals surface area contributed by atoms with E-state index >= 15 is 0 Å². The zero-order valence-electron chi connectivity index (χ0n) is 39.4. The summed E-state index contributed by atoms with van der Waals surface area (Å²) in [6.07, 6.45) is 3.25. The van der Waals surface area contributed by atoms with Crippen molar-refractivity contribution in [3.05, 3.63) is 86.4 Å². The molecule has 0 spiro atoms. The van der Waals surface area contributed by atoms with Gasteiger partial charge in [-0.25, -0.2) is 9.59 Å². The molecule has 3 aromatic carbocycles. The smallest absolute Gasteiger partial charge is 0.407 e. The first-order valence-electron chi connectivity index (χ1n) is 22.5. The molecule has 3 saturated carbocycles. The van der Waals surface area contributed by atoms with Gasteiger partial charge in [0.1, 0.15) is 28.5 Å². The molecule has 0 aliphatic heterocycles. The first-order chi connectivity index (χ1) is 31.2. The van der Waals surface area contributed by atoms with E-state index in [1.807, 2.05) is 65.8 Å². The van der Waals surface area contributed by atoms with Crippen LogP contribution in [0.2, 0.25) is 15.1 Å². The number of nitrogens with two attached hydrogens (primary N) is 1. The number of carbonyl (C=O) groups is 2. The van der Waals surface area contributed by atoms with E-state index in [0.717, 1.165) is 47.5 Å². The first kappa shape index (κ1) is 59.6. The zero-order valence-corrected chi connectivity index (χ0v) is 42.4. The Bertz CT molecular complexity index is 1960. The number of hydrogen-bond donors (Lipinski definition) is 5. The Labute approximate surface area is 415 Å². The minimum Gasteiger partial charge on any atom is -0.508 e. The minimum absolute atomic E-state index is 0. The van der Waals surface area contributed by atoms with Crippen LogP contribution in [0.15, 0.2) is 54.6 Å². The average molecular weight is 1030 g/mol. The molecular weight excluding hydrogens is 957 g/mol. The van der Waals surface area contributed by atoms with E-state index in [9.17, 15) is 27.9 Å². The van der Waals surface area contributed by atoms with Crippen molar-refractivity contribution in [1.82, 2.24) is 10.6 Å². The number of amides is 2. The van der Waals surface area contributed by atoms with Gasteiger partial charge in [0.05, 0.1) is 33.2 Å². The lowest BCUT2D eigenvalue weighted by molar-refractivity contribution is 0.0513. The summed E-state index contributed by atoms with van der Waals surface area (Å²) >= 11 is 18.0. The zero-order chi connectivity index (χ0) is 49.0. The van der Waals surface area contributed by atoms with E-state index < -0.39 is 36.7 Å². The number of aromatic hydroxyl groups is 1. The first-order valence-corrected chi connectivity index (χ1v) is 23.6. The number of halogens is 7. The Morgan fingerprint density at radius 3 is 1.37 bits per heavy atom. The summed E-state index contributed by atoms with van der Waals surface area (Å²) in [5.74, 6) is 4.03. The van der Waals surface area contributed by atoms with Crippen LogP contribution in [-0.4, -0.2) is 93.1 Å². The van der Waals surface area contributed by atoms with E-state index in [1.54, 1.807) is 30.3 Å². The van der Waals surface area contributed by atoms with Gasteiger partial charge in [0.15, 0.2) is 0 Å². The Morgan fingerprint density at radius 1 is 0.642 bits per heavy atom. The maximum absolute atomic E-state index is 12.2. The molecule has 0 heterocycles. The lowest BCUT2D eigenvalue weighted by atomic mass is 10.1. The predicted octanol–water partition coefficient (Wildman–Crippen LogP) is 12.3. The van der Waals surface area contributed by atoms with Crippen LogP contribution < -0.4 is 25.8 Å². The second kappa shape index (κ2) is 29.5. The highest BCUT2D eigenvalue weighted by Gasteiger charge is 2.42. The van der Waals surface area contributed by atoms with Crippen LogP contribution in [0.25, 0.3) is 0 Å². The molecule has 18 heteroatoms. The molecule has 3 aliphatic rings. The number of benzene rings is 3. The van der Waals surface area contributed by atoms with Crippen molar-refractivity contribution in [3.63, 3.8) is 0 Å². The maximum Gasteiger partial charge on any atom is 0.407 e. The van der Waals surface area contributed by atoms with E-state index in [1.165, 1.54) is 0 Å². The molecule has 67 heavy (non-hydrogen) atoms. The number of phenols is 1. The minimum atomic E-state index is -0.503. The molecule has 2 amide bonds. The monoisotopic (exact) mass is 1030 g/mol. The topological polar surface area (TPSA) is 162 Å². The number of hydrogen-bond acceptors (Lipinski definition) is 9. The summed E-state index contributed by atoms with van der Waals surface area (Å²) in [6, 6.07) is 16.1. The van der Waals surface area contributed by atoms with Crippen LogP contribution in [-0.2, 0) is 9.47 Å². The highest BCUT2D eigenvalue weighted by molar-refractivity contribution is 6.31. The maximum atomic E-state index is 12.2. The molecular formula is C49H70Cl4F3N3O8. The Hall–Kier alpha value is -3.53. The van der Waals surface area contributed by atoms with E-state index in [-0.39, 0.29) is 43.8 Å². The van der Waals surface area contributed by atoms with Gasteiger partial charge in [0.25, 0.3) is 0 Å². The lowest BCUT2D eigenvalue weighted by Gasteiger charge is -2.19. The van der Waals surface area contributed by atoms with Gasteiger partial charge in [-0.3, -0.25) is 13.2 Å². The molecule has 0 saturated heterocycles. The Balaban J connectivity index is 0.000000329. The molecule has 378 valence electrons. The molecule has 0 aromatic heterocycles. The van der Waals surface area contributed by atoms with Crippen LogP contribution in [0.3, 0.4) is 0 Å². The van der Waals surface area contributed by atoms with Gasteiger partial charge < -0.3 is 45.5 Å². The van der Waals surface area contributed by atoms with Crippen LogP contribution in [0, 0.1) is 17.8 Å². The second-order valence-electron chi connectivity index (χ2n) is 18.4. The predicted molar refractivity (Wildman–Crippen MR) is 263 cm³/mol. The summed E-state index contributed by atoms with van der Waals surface area (Å²) in [6.45, 7) is 12.4. The highest BCUT2D eigenvalue weighted by Crippen LogP contribution is 2.52. The van der Waals surface area contributed by atoms with Crippen molar-refractivity contribution in [2.24, 2.45) is 23.5 Å². The molecule has 0 bridgehead atoms. The number of rotatable bonds is 18. The van der Waals surface area contributed by atoms with Gasteiger partial charge in [-0.05, 0) is 181 Å². The number of aliphatic hydroxyl groups is 1. The summed E-state index contributed by atoms with van der Waals surface area (Å²) in [5.41, 5.74) is 7.66. The highest BCUT2D eigenvalue weighted by atomic mass is 35.5. The third kappa shape index (κ3) is 23.1. The summed E-state index contributed by atoms with van der Waals surface area (Å²) in [5, 5.41) is 25.2. The van der Waals surface area contributed by atoms with Crippen LogP contribution in [0.5, 0.6) is 17.2 Å². The summed E-state index contributed by atoms with van der Waals surface area (Å²) < 4.78 is 56.8. The molecule has 3 fully saturated rings. The SMILES string of the molecule is CC(C)(C)OC(=O)NCC1CC1c1cc(Cl)ccc1O.CC(C)(C)OC(=O)NCC1CC1c1cc(Cl)ccc1OCCCF.Cl.NCC1CC1c1cc(Cl)ccc1OCCCF.OCCCF. The van der Waals surface area contributed by atoms with E-state index in [0.29, 0.717) is 90.3 Å². The molecule has 0 radical (unpaired) electrons. The standard InChI is InChI=1S/C18H25ClFNO3.C15H20ClNO3.C13H17ClFNO.C3H7FO.ClH/c1-18(2,3)24-17(22)21-11-12-9-14(12)15-10-13(19)5-6-16(15)23-8-4-7-20;1-15(2,3)20-14(19)17-8-9-6-11(9)12-7-10(16)4-5-13(12)18;14-10-2-3-13(17-5-1-4-15)12(7-10)11-6-9(11)8-16;4-2-1-3-5;/h5-6,10,12,14H,4,7-9,11H2,1-3H3,(H,21,22);4-5,7,9,11,18H,6,8H2,1-3H3,(H,17,19);2-3,7,9,11H,1,4-6,8,16H2;5H,1-3H2;1H. The van der Waals surface area contributed by atoms with Crippen molar-refractivity contribution >= 4 is 59.4 Å². The molecule has 6 unspecified atom stereocenters. The fourth-order valence-electron chi connectivity index (χ4n) is 6.89. The average Bonchev–Trinajstić information content (AvgIpc) is 4.14. The number of alkyl carbamates (subject to hydrolysis) is 2.